The number of nitrogens with zero attached hydrogens (tertiary/aromatic N) is 2. The predicted octanol–water partition coefficient (Wildman–Crippen LogP) is 2.74. The van der Waals surface area contributed by atoms with Crippen LogP contribution >= 0.6 is 0 Å². The minimum Gasteiger partial charge on any atom is -0.333 e. The van der Waals surface area contributed by atoms with Crippen molar-refractivity contribution >= 4 is 5.91 Å². The Balaban J connectivity index is 2.18. The number of rotatable bonds is 6. The van der Waals surface area contributed by atoms with Crippen molar-refractivity contribution in [2.24, 2.45) is 0 Å². The molecule has 1 aromatic heterocycles. The molecular formula is C17H27N3O. The quantitative estimate of drug-likeness (QED) is 0.876. The normalized spacial score (nSPS) is 21.7. The second-order valence-corrected chi connectivity index (χ2v) is 6.21. The van der Waals surface area contributed by atoms with Gasteiger partial charge in [0.2, 0.25) is 5.91 Å². The van der Waals surface area contributed by atoms with Crippen LogP contribution in [0.2, 0.25) is 0 Å². The molecule has 2 heterocycles. The van der Waals surface area contributed by atoms with Crippen LogP contribution in [0.25, 0.3) is 0 Å². The Kier molecular flexibility index (Phi) is 5.34. The van der Waals surface area contributed by atoms with E-state index in [0.717, 1.165) is 37.9 Å². The lowest BCUT2D eigenvalue weighted by molar-refractivity contribution is -0.140. The van der Waals surface area contributed by atoms with E-state index < -0.39 is 0 Å². The Morgan fingerprint density at radius 3 is 2.81 bits per heavy atom. The molecule has 1 atom stereocenters. The summed E-state index contributed by atoms with van der Waals surface area (Å²) in [5, 5.41) is 3.48. The lowest BCUT2D eigenvalue weighted by atomic mass is 9.89. The van der Waals surface area contributed by atoms with Gasteiger partial charge in [-0.05, 0) is 51.8 Å². The molecule has 1 N–H and O–H groups in total. The number of carbonyl (C=O) groups is 1. The van der Waals surface area contributed by atoms with Crippen molar-refractivity contribution < 1.29 is 4.79 Å². The van der Waals surface area contributed by atoms with Crippen LogP contribution in [0.1, 0.15) is 52.1 Å². The summed E-state index contributed by atoms with van der Waals surface area (Å²) in [7, 11) is 0. The summed E-state index contributed by atoms with van der Waals surface area (Å²) in [6.07, 6.45) is 5.76. The van der Waals surface area contributed by atoms with Crippen LogP contribution in [0.4, 0.5) is 0 Å². The van der Waals surface area contributed by atoms with Crippen LogP contribution in [0.3, 0.4) is 0 Å². The van der Waals surface area contributed by atoms with Gasteiger partial charge in [0.05, 0.1) is 17.8 Å². The van der Waals surface area contributed by atoms with Crippen molar-refractivity contribution in [1.29, 1.82) is 0 Å². The van der Waals surface area contributed by atoms with Crippen molar-refractivity contribution in [2.75, 3.05) is 6.54 Å². The fourth-order valence-electron chi connectivity index (χ4n) is 3.17. The van der Waals surface area contributed by atoms with Gasteiger partial charge in [-0.15, -0.1) is 0 Å². The highest BCUT2D eigenvalue weighted by atomic mass is 16.2. The number of hydrogen-bond donors (Lipinski definition) is 1. The minimum atomic E-state index is -0.353. The average molecular weight is 289 g/mol. The van der Waals surface area contributed by atoms with Crippen LogP contribution in [0.5, 0.6) is 0 Å². The molecule has 0 bridgehead atoms. The zero-order valence-electron chi connectivity index (χ0n) is 13.4. The highest BCUT2D eigenvalue weighted by molar-refractivity contribution is 5.87. The Morgan fingerprint density at radius 2 is 2.29 bits per heavy atom. The van der Waals surface area contributed by atoms with Gasteiger partial charge >= 0.3 is 0 Å². The molecule has 0 radical (unpaired) electrons. The number of aromatic nitrogens is 1. The van der Waals surface area contributed by atoms with Crippen LogP contribution in [-0.4, -0.2) is 33.9 Å². The van der Waals surface area contributed by atoms with E-state index in [2.05, 4.69) is 31.1 Å². The summed E-state index contributed by atoms with van der Waals surface area (Å²) in [6, 6.07) is 6.04. The van der Waals surface area contributed by atoms with E-state index in [0.29, 0.717) is 6.54 Å². The van der Waals surface area contributed by atoms with Gasteiger partial charge < -0.3 is 10.2 Å². The molecule has 0 aliphatic carbocycles. The first-order valence-electron chi connectivity index (χ1n) is 8.05. The molecule has 1 amide bonds. The van der Waals surface area contributed by atoms with E-state index in [9.17, 15) is 4.79 Å². The zero-order valence-corrected chi connectivity index (χ0v) is 13.4. The molecule has 21 heavy (non-hydrogen) atoms. The Labute approximate surface area is 127 Å². The molecule has 4 nitrogen and oxygen atoms in total. The van der Waals surface area contributed by atoms with E-state index >= 15 is 0 Å². The van der Waals surface area contributed by atoms with Crippen molar-refractivity contribution in [3.05, 3.63) is 30.1 Å². The van der Waals surface area contributed by atoms with Crippen LogP contribution in [0, 0.1) is 0 Å². The largest absolute Gasteiger partial charge is 0.333 e. The molecule has 0 saturated carbocycles. The SMILES string of the molecule is CCCC1(C(=O)N(Cc2ccccn2)C(C)C)CCCN1. The smallest absolute Gasteiger partial charge is 0.243 e. The van der Waals surface area contributed by atoms with Crippen molar-refractivity contribution in [1.82, 2.24) is 15.2 Å². The number of amides is 1. The lowest BCUT2D eigenvalue weighted by Crippen LogP contribution is -2.56. The Morgan fingerprint density at radius 1 is 1.48 bits per heavy atom. The molecule has 1 aromatic rings. The summed E-state index contributed by atoms with van der Waals surface area (Å²) < 4.78 is 0. The Bertz CT molecular complexity index is 452. The van der Waals surface area contributed by atoms with Gasteiger partial charge in [-0.2, -0.15) is 0 Å². The standard InChI is InChI=1S/C17H27N3O/c1-4-9-17(10-7-12-19-17)16(21)20(14(2)3)13-15-8-5-6-11-18-15/h5-6,8,11,14,19H,4,7,9-10,12-13H2,1-3H3. The van der Waals surface area contributed by atoms with Gasteiger partial charge in [0.15, 0.2) is 0 Å². The van der Waals surface area contributed by atoms with Crippen molar-refractivity contribution in [2.45, 2.75) is 64.6 Å². The summed E-state index contributed by atoms with van der Waals surface area (Å²) in [5.74, 6) is 0.238. The van der Waals surface area contributed by atoms with Crippen LogP contribution < -0.4 is 5.32 Å². The fraction of sp³-hybridized carbons (Fsp3) is 0.647. The molecule has 1 aliphatic heterocycles. The van der Waals surface area contributed by atoms with Gasteiger partial charge in [0.1, 0.15) is 0 Å². The summed E-state index contributed by atoms with van der Waals surface area (Å²) in [6.45, 7) is 7.84. The van der Waals surface area contributed by atoms with E-state index in [-0.39, 0.29) is 17.5 Å². The van der Waals surface area contributed by atoms with E-state index in [1.165, 1.54) is 0 Å². The summed E-state index contributed by atoms with van der Waals surface area (Å²) >= 11 is 0. The highest BCUT2D eigenvalue weighted by Crippen LogP contribution is 2.28. The molecule has 0 aromatic carbocycles. The maximum atomic E-state index is 13.1. The van der Waals surface area contributed by atoms with E-state index in [4.69, 9.17) is 0 Å². The maximum absolute atomic E-state index is 13.1. The maximum Gasteiger partial charge on any atom is 0.243 e. The molecule has 1 unspecified atom stereocenters. The molecule has 1 saturated heterocycles. The summed E-state index contributed by atoms with van der Waals surface area (Å²) in [5.41, 5.74) is 0.595. The third-order valence-corrected chi connectivity index (χ3v) is 4.27. The number of pyridine rings is 1. The Hall–Kier alpha value is -1.42. The average Bonchev–Trinajstić information content (AvgIpc) is 2.95. The van der Waals surface area contributed by atoms with Crippen molar-refractivity contribution in [3.8, 4) is 0 Å². The number of hydrogen-bond acceptors (Lipinski definition) is 3. The lowest BCUT2D eigenvalue weighted by Gasteiger charge is -2.36. The number of nitrogens with one attached hydrogen (secondary N) is 1. The topological polar surface area (TPSA) is 45.2 Å². The second kappa shape index (κ2) is 7.03. The van der Waals surface area contributed by atoms with Crippen LogP contribution in [-0.2, 0) is 11.3 Å². The molecular weight excluding hydrogens is 262 g/mol. The first-order chi connectivity index (χ1) is 10.1. The van der Waals surface area contributed by atoms with Gasteiger partial charge in [-0.1, -0.05) is 19.4 Å². The van der Waals surface area contributed by atoms with Gasteiger partial charge in [-0.25, -0.2) is 0 Å². The molecule has 1 fully saturated rings. The van der Waals surface area contributed by atoms with E-state index in [1.807, 2.05) is 23.1 Å². The molecule has 0 spiro atoms. The van der Waals surface area contributed by atoms with Crippen LogP contribution in [0.15, 0.2) is 24.4 Å². The highest BCUT2D eigenvalue weighted by Gasteiger charge is 2.43. The van der Waals surface area contributed by atoms with Gasteiger partial charge in [0, 0.05) is 12.2 Å². The summed E-state index contributed by atoms with van der Waals surface area (Å²) in [4.78, 5) is 19.5. The van der Waals surface area contributed by atoms with Gasteiger partial charge in [-0.3, -0.25) is 9.78 Å². The van der Waals surface area contributed by atoms with E-state index in [1.54, 1.807) is 6.20 Å². The molecule has 4 heteroatoms. The van der Waals surface area contributed by atoms with Crippen molar-refractivity contribution in [3.63, 3.8) is 0 Å². The third kappa shape index (κ3) is 3.62. The van der Waals surface area contributed by atoms with Gasteiger partial charge in [0.25, 0.3) is 0 Å². The molecule has 2 rings (SSSR count). The minimum absolute atomic E-state index is 0.177. The first kappa shape index (κ1) is 16.0. The number of carbonyl (C=O) groups excluding carboxylic acids is 1. The second-order valence-electron chi connectivity index (χ2n) is 6.21. The first-order valence-corrected chi connectivity index (χ1v) is 8.05. The molecule has 1 aliphatic rings. The third-order valence-electron chi connectivity index (χ3n) is 4.27. The monoisotopic (exact) mass is 289 g/mol. The fourth-order valence-corrected chi connectivity index (χ4v) is 3.17. The molecule has 116 valence electrons. The predicted molar refractivity (Wildman–Crippen MR) is 84.8 cm³/mol. The zero-order chi connectivity index (χ0) is 15.3.